The third kappa shape index (κ3) is 6.21. The Morgan fingerprint density at radius 1 is 1.53 bits per heavy atom. The Balaban J connectivity index is 2.05. The van der Waals surface area contributed by atoms with Crippen LogP contribution in [0.25, 0.3) is 0 Å². The van der Waals surface area contributed by atoms with E-state index in [0.29, 0.717) is 5.69 Å². The van der Waals surface area contributed by atoms with Gasteiger partial charge < -0.3 is 11.1 Å². The second-order valence-corrected chi connectivity index (χ2v) is 4.86. The zero-order valence-electron chi connectivity index (χ0n) is 10.2. The van der Waals surface area contributed by atoms with E-state index in [9.17, 15) is 4.79 Å². The first-order chi connectivity index (χ1) is 8.22. The van der Waals surface area contributed by atoms with Crippen LogP contribution in [-0.4, -0.2) is 34.2 Å². The van der Waals surface area contributed by atoms with E-state index in [0.717, 1.165) is 19.4 Å². The molecule has 0 bridgehead atoms. The first-order valence-corrected chi connectivity index (χ1v) is 7.15. The molecule has 5 nitrogen and oxygen atoms in total. The quantitative estimate of drug-likeness (QED) is 0.684. The minimum Gasteiger partial charge on any atom is -0.396 e. The number of unbranched alkanes of at least 4 members (excludes halogenated alkanes) is 2. The van der Waals surface area contributed by atoms with Gasteiger partial charge in [0.25, 0.3) is 0 Å². The molecule has 6 heteroatoms. The summed E-state index contributed by atoms with van der Waals surface area (Å²) in [6.45, 7) is 0.978. The van der Waals surface area contributed by atoms with Gasteiger partial charge in [0.2, 0.25) is 5.91 Å². The molecule has 0 aromatic carbocycles. The molecule has 0 radical (unpaired) electrons. The number of carbonyl (C=O) groups excluding carboxylic acids is 1. The molecule has 0 aliphatic carbocycles. The molecule has 0 saturated heterocycles. The lowest BCUT2D eigenvalue weighted by atomic mass is 10.2. The fourth-order valence-corrected chi connectivity index (χ4v) is 1.94. The second-order valence-electron chi connectivity index (χ2n) is 3.87. The Hall–Kier alpha value is -1.17. The van der Waals surface area contributed by atoms with Gasteiger partial charge in [0.1, 0.15) is 6.54 Å². The fraction of sp³-hybridized carbons (Fsp3) is 0.636. The number of anilines is 1. The summed E-state index contributed by atoms with van der Waals surface area (Å²) < 4.78 is 1.54. The van der Waals surface area contributed by atoms with Crippen LogP contribution >= 0.6 is 11.8 Å². The Morgan fingerprint density at radius 2 is 2.35 bits per heavy atom. The third-order valence-electron chi connectivity index (χ3n) is 2.31. The number of aromatic nitrogens is 2. The minimum absolute atomic E-state index is 0.0158. The van der Waals surface area contributed by atoms with E-state index in [1.165, 1.54) is 18.4 Å². The molecule has 0 aliphatic heterocycles. The number of rotatable bonds is 8. The molecule has 1 aromatic heterocycles. The normalized spacial score (nSPS) is 10.4. The topological polar surface area (TPSA) is 72.9 Å². The predicted molar refractivity (Wildman–Crippen MR) is 71.9 cm³/mol. The monoisotopic (exact) mass is 256 g/mol. The standard InChI is InChI=1S/C11H20N4OS/c1-17-6-4-2-3-5-13-11(16)9-15-8-10(12)7-14-15/h7-8H,2-6,9,12H2,1H3,(H,13,16). The highest BCUT2D eigenvalue weighted by Gasteiger charge is 2.02. The molecule has 1 amide bonds. The summed E-state index contributed by atoms with van der Waals surface area (Å²) in [6, 6.07) is 0. The number of thioether (sulfide) groups is 1. The van der Waals surface area contributed by atoms with Gasteiger partial charge in [-0.05, 0) is 24.9 Å². The van der Waals surface area contributed by atoms with Crippen molar-refractivity contribution < 1.29 is 4.79 Å². The highest BCUT2D eigenvalue weighted by molar-refractivity contribution is 7.98. The van der Waals surface area contributed by atoms with Crippen molar-refractivity contribution in [1.82, 2.24) is 15.1 Å². The lowest BCUT2D eigenvalue weighted by molar-refractivity contribution is -0.121. The first kappa shape index (κ1) is 13.9. The van der Waals surface area contributed by atoms with Crippen molar-refractivity contribution in [2.24, 2.45) is 0 Å². The van der Waals surface area contributed by atoms with Crippen LogP contribution < -0.4 is 11.1 Å². The maximum Gasteiger partial charge on any atom is 0.241 e. The number of carbonyl (C=O) groups is 1. The SMILES string of the molecule is CSCCCCCNC(=O)Cn1cc(N)cn1. The summed E-state index contributed by atoms with van der Waals surface area (Å²) >= 11 is 1.86. The van der Waals surface area contributed by atoms with E-state index in [4.69, 9.17) is 5.73 Å². The fourth-order valence-electron chi connectivity index (χ4n) is 1.45. The van der Waals surface area contributed by atoms with E-state index >= 15 is 0 Å². The lowest BCUT2D eigenvalue weighted by Gasteiger charge is -2.05. The van der Waals surface area contributed by atoms with Gasteiger partial charge in [0, 0.05) is 12.7 Å². The number of hydrogen-bond acceptors (Lipinski definition) is 4. The molecule has 0 saturated carbocycles. The van der Waals surface area contributed by atoms with Gasteiger partial charge in [-0.15, -0.1) is 0 Å². The molecule has 1 aromatic rings. The Morgan fingerprint density at radius 3 is 3.00 bits per heavy atom. The largest absolute Gasteiger partial charge is 0.396 e. The maximum absolute atomic E-state index is 11.5. The number of nitrogens with zero attached hydrogens (tertiary/aromatic N) is 2. The van der Waals surface area contributed by atoms with Crippen LogP contribution in [0.15, 0.2) is 12.4 Å². The molecule has 0 aliphatic rings. The second kappa shape index (κ2) is 8.00. The van der Waals surface area contributed by atoms with E-state index in [1.807, 2.05) is 11.8 Å². The predicted octanol–water partition coefficient (Wildman–Crippen LogP) is 1.11. The van der Waals surface area contributed by atoms with Crippen LogP contribution in [0.5, 0.6) is 0 Å². The highest BCUT2D eigenvalue weighted by Crippen LogP contribution is 2.01. The van der Waals surface area contributed by atoms with E-state index in [-0.39, 0.29) is 12.5 Å². The summed E-state index contributed by atoms with van der Waals surface area (Å²) in [5.41, 5.74) is 6.08. The van der Waals surface area contributed by atoms with Gasteiger partial charge >= 0.3 is 0 Å². The molecule has 0 fully saturated rings. The van der Waals surface area contributed by atoms with Crippen LogP contribution in [0, 0.1) is 0 Å². The van der Waals surface area contributed by atoms with Crippen molar-refractivity contribution in [2.75, 3.05) is 24.3 Å². The summed E-state index contributed by atoms with van der Waals surface area (Å²) in [4.78, 5) is 11.5. The van der Waals surface area contributed by atoms with Crippen molar-refractivity contribution >= 4 is 23.4 Å². The summed E-state index contributed by atoms with van der Waals surface area (Å²) in [5, 5.41) is 6.82. The van der Waals surface area contributed by atoms with Crippen molar-refractivity contribution in [3.63, 3.8) is 0 Å². The molecule has 17 heavy (non-hydrogen) atoms. The van der Waals surface area contributed by atoms with Crippen LogP contribution in [-0.2, 0) is 11.3 Å². The van der Waals surface area contributed by atoms with Gasteiger partial charge in [0.05, 0.1) is 11.9 Å². The number of nitrogen functional groups attached to an aromatic ring is 1. The molecule has 0 atom stereocenters. The minimum atomic E-state index is -0.0158. The lowest BCUT2D eigenvalue weighted by Crippen LogP contribution is -2.28. The van der Waals surface area contributed by atoms with Crippen LogP contribution in [0.3, 0.4) is 0 Å². The zero-order valence-corrected chi connectivity index (χ0v) is 11.0. The van der Waals surface area contributed by atoms with Crippen molar-refractivity contribution in [2.45, 2.75) is 25.8 Å². The average molecular weight is 256 g/mol. The average Bonchev–Trinajstić information content (AvgIpc) is 2.69. The number of amides is 1. The number of nitrogens with two attached hydrogens (primary N) is 1. The van der Waals surface area contributed by atoms with Gasteiger partial charge in [0.15, 0.2) is 0 Å². The summed E-state index contributed by atoms with van der Waals surface area (Å²) in [7, 11) is 0. The molecule has 0 unspecified atom stereocenters. The van der Waals surface area contributed by atoms with Crippen molar-refractivity contribution in [3.05, 3.63) is 12.4 Å². The maximum atomic E-state index is 11.5. The number of hydrogen-bond donors (Lipinski definition) is 2. The first-order valence-electron chi connectivity index (χ1n) is 5.76. The van der Waals surface area contributed by atoms with Crippen LogP contribution in [0.2, 0.25) is 0 Å². The Bertz CT molecular complexity index is 340. The van der Waals surface area contributed by atoms with Crippen LogP contribution in [0.4, 0.5) is 5.69 Å². The molecule has 0 spiro atoms. The molecule has 1 rings (SSSR count). The zero-order chi connectivity index (χ0) is 12.5. The molecular weight excluding hydrogens is 236 g/mol. The molecule has 96 valence electrons. The smallest absolute Gasteiger partial charge is 0.241 e. The van der Waals surface area contributed by atoms with E-state index in [2.05, 4.69) is 16.7 Å². The van der Waals surface area contributed by atoms with Crippen molar-refractivity contribution in [1.29, 1.82) is 0 Å². The van der Waals surface area contributed by atoms with Crippen LogP contribution in [0.1, 0.15) is 19.3 Å². The third-order valence-corrected chi connectivity index (χ3v) is 3.00. The highest BCUT2D eigenvalue weighted by atomic mass is 32.2. The molecule has 1 heterocycles. The van der Waals surface area contributed by atoms with Crippen molar-refractivity contribution in [3.8, 4) is 0 Å². The summed E-state index contributed by atoms with van der Waals surface area (Å²) in [6.07, 6.45) is 8.71. The molecule has 3 N–H and O–H groups in total. The van der Waals surface area contributed by atoms with Gasteiger partial charge in [-0.25, -0.2) is 0 Å². The van der Waals surface area contributed by atoms with E-state index in [1.54, 1.807) is 10.9 Å². The number of nitrogens with one attached hydrogen (secondary N) is 1. The van der Waals surface area contributed by atoms with Gasteiger partial charge in [-0.2, -0.15) is 16.9 Å². The Labute approximate surface area is 106 Å². The summed E-state index contributed by atoms with van der Waals surface area (Å²) in [5.74, 6) is 1.18. The van der Waals surface area contributed by atoms with E-state index < -0.39 is 0 Å². The van der Waals surface area contributed by atoms with Gasteiger partial charge in [-0.3, -0.25) is 9.48 Å². The molecular formula is C11H20N4OS. The van der Waals surface area contributed by atoms with Gasteiger partial charge in [-0.1, -0.05) is 6.42 Å². The Kier molecular flexibility index (Phi) is 6.54.